The minimum absolute atomic E-state index is 0.102. The molecule has 0 heterocycles. The van der Waals surface area contributed by atoms with Gasteiger partial charge in [-0.3, -0.25) is 14.4 Å². The van der Waals surface area contributed by atoms with Crippen LogP contribution in [0.4, 0.5) is 8.78 Å². The maximum atomic E-state index is 13.2. The van der Waals surface area contributed by atoms with Crippen molar-refractivity contribution in [1.29, 1.82) is 0 Å². The molecule has 1 atom stereocenters. The number of hydrogen-bond acceptors (Lipinski definition) is 5. The number of ether oxygens (including phenoxy) is 1. The van der Waals surface area contributed by atoms with E-state index in [1.54, 1.807) is 0 Å². The topological polar surface area (TPSA) is 95.9 Å². The summed E-state index contributed by atoms with van der Waals surface area (Å²) in [6.45, 7) is 0.746. The molecule has 2 aromatic rings. The Balaban J connectivity index is 2.31. The van der Waals surface area contributed by atoms with Gasteiger partial charge in [-0.05, 0) is 48.9 Å². The zero-order valence-electron chi connectivity index (χ0n) is 15.7. The largest absolute Gasteiger partial charge is 0.493 e. The van der Waals surface area contributed by atoms with Crippen LogP contribution in [0.5, 0.6) is 5.75 Å². The van der Waals surface area contributed by atoms with Crippen LogP contribution in [0.2, 0.25) is 0 Å². The van der Waals surface area contributed by atoms with E-state index in [2.05, 4.69) is 0 Å². The van der Waals surface area contributed by atoms with Gasteiger partial charge < -0.3 is 4.74 Å². The monoisotopic (exact) mass is 428 g/mol. The standard InChI is InChI=1S/C19H22F2N2O5S/c1-14(19(24)22-25)23(13-15-3-5-16(21)6-4-15)29(26,27)18-9-7-17(8-10-18)28-12-2-11-20/h3-10,14,25H,2,11-13H2,1H3,(H,22,24). The summed E-state index contributed by atoms with van der Waals surface area (Å²) in [5.74, 6) is -1.02. The number of rotatable bonds is 10. The van der Waals surface area contributed by atoms with Gasteiger partial charge in [-0.15, -0.1) is 0 Å². The summed E-state index contributed by atoms with van der Waals surface area (Å²) in [5, 5.41) is 8.92. The molecule has 0 saturated carbocycles. The van der Waals surface area contributed by atoms with E-state index in [0.717, 1.165) is 4.31 Å². The lowest BCUT2D eigenvalue weighted by Crippen LogP contribution is -2.46. The molecule has 0 fully saturated rings. The molecule has 158 valence electrons. The minimum Gasteiger partial charge on any atom is -0.493 e. The normalized spacial score (nSPS) is 12.6. The summed E-state index contributed by atoms with van der Waals surface area (Å²) < 4.78 is 57.8. The molecule has 1 amide bonds. The molecule has 2 aromatic carbocycles. The van der Waals surface area contributed by atoms with Crippen LogP contribution < -0.4 is 10.2 Å². The van der Waals surface area contributed by atoms with Gasteiger partial charge in [0.2, 0.25) is 10.0 Å². The van der Waals surface area contributed by atoms with Crippen molar-refractivity contribution < 1.29 is 31.9 Å². The molecule has 2 N–H and O–H groups in total. The average Bonchev–Trinajstić information content (AvgIpc) is 2.72. The van der Waals surface area contributed by atoms with Crippen molar-refractivity contribution in [3.63, 3.8) is 0 Å². The van der Waals surface area contributed by atoms with E-state index in [0.29, 0.717) is 11.3 Å². The maximum absolute atomic E-state index is 13.2. The van der Waals surface area contributed by atoms with Gasteiger partial charge in [-0.1, -0.05) is 12.1 Å². The van der Waals surface area contributed by atoms with E-state index in [9.17, 15) is 22.0 Å². The van der Waals surface area contributed by atoms with Gasteiger partial charge in [0.1, 0.15) is 17.6 Å². The Morgan fingerprint density at radius 2 is 1.79 bits per heavy atom. The molecule has 0 aliphatic rings. The van der Waals surface area contributed by atoms with Crippen molar-refractivity contribution in [3.8, 4) is 5.75 Å². The lowest BCUT2D eigenvalue weighted by Gasteiger charge is -2.27. The number of hydroxylamine groups is 1. The van der Waals surface area contributed by atoms with Gasteiger partial charge in [-0.2, -0.15) is 4.31 Å². The summed E-state index contributed by atoms with van der Waals surface area (Å²) in [4.78, 5) is 11.8. The minimum atomic E-state index is -4.15. The van der Waals surface area contributed by atoms with Crippen molar-refractivity contribution in [2.75, 3.05) is 13.3 Å². The Labute approximate surface area is 167 Å². The van der Waals surface area contributed by atoms with Crippen LogP contribution in [-0.2, 0) is 21.4 Å². The summed E-state index contributed by atoms with van der Waals surface area (Å²) in [6.07, 6.45) is 0.222. The number of carbonyl (C=O) groups excluding carboxylic acids is 1. The number of benzene rings is 2. The van der Waals surface area contributed by atoms with Gasteiger partial charge in [0.15, 0.2) is 0 Å². The first kappa shape index (κ1) is 22.7. The number of carbonyl (C=O) groups is 1. The quantitative estimate of drug-likeness (QED) is 0.345. The highest BCUT2D eigenvalue weighted by Gasteiger charge is 2.33. The average molecular weight is 428 g/mol. The summed E-state index contributed by atoms with van der Waals surface area (Å²) in [5.41, 5.74) is 1.90. The van der Waals surface area contributed by atoms with E-state index in [-0.39, 0.29) is 24.5 Å². The number of nitrogens with zero attached hydrogens (tertiary/aromatic N) is 1. The van der Waals surface area contributed by atoms with Crippen molar-refractivity contribution >= 4 is 15.9 Å². The highest BCUT2D eigenvalue weighted by Crippen LogP contribution is 2.24. The third kappa shape index (κ3) is 5.96. The molecule has 0 aromatic heterocycles. The maximum Gasteiger partial charge on any atom is 0.261 e. The summed E-state index contributed by atoms with van der Waals surface area (Å²) >= 11 is 0. The summed E-state index contributed by atoms with van der Waals surface area (Å²) in [6, 6.07) is 9.40. The molecular weight excluding hydrogens is 406 g/mol. The zero-order valence-corrected chi connectivity index (χ0v) is 16.5. The predicted octanol–water partition coefficient (Wildman–Crippen LogP) is 2.65. The van der Waals surface area contributed by atoms with Gasteiger partial charge in [0.05, 0.1) is 18.2 Å². The first-order chi connectivity index (χ1) is 13.8. The molecule has 2 rings (SSSR count). The second-order valence-corrected chi connectivity index (χ2v) is 8.08. The van der Waals surface area contributed by atoms with Crippen LogP contribution in [0, 0.1) is 5.82 Å². The Kier molecular flexibility index (Phi) is 8.06. The van der Waals surface area contributed by atoms with Crippen LogP contribution in [-0.4, -0.2) is 43.2 Å². The van der Waals surface area contributed by atoms with E-state index in [1.165, 1.54) is 60.9 Å². The molecule has 0 spiro atoms. The van der Waals surface area contributed by atoms with Crippen molar-refractivity contribution in [3.05, 3.63) is 59.9 Å². The fourth-order valence-corrected chi connectivity index (χ4v) is 4.09. The lowest BCUT2D eigenvalue weighted by atomic mass is 10.2. The second kappa shape index (κ2) is 10.3. The van der Waals surface area contributed by atoms with E-state index < -0.39 is 34.5 Å². The highest BCUT2D eigenvalue weighted by atomic mass is 32.2. The SMILES string of the molecule is CC(C(=O)NO)N(Cc1ccc(F)cc1)S(=O)(=O)c1ccc(OCCCF)cc1. The van der Waals surface area contributed by atoms with Gasteiger partial charge >= 0.3 is 0 Å². The molecule has 0 aliphatic carbocycles. The second-order valence-electron chi connectivity index (χ2n) is 6.19. The van der Waals surface area contributed by atoms with Crippen LogP contribution in [0.15, 0.2) is 53.4 Å². The van der Waals surface area contributed by atoms with Crippen molar-refractivity contribution in [1.82, 2.24) is 9.79 Å². The van der Waals surface area contributed by atoms with Crippen LogP contribution in [0.1, 0.15) is 18.9 Å². The number of alkyl halides is 1. The zero-order chi connectivity index (χ0) is 21.4. The number of halogens is 2. The molecular formula is C19H22F2N2O5S. The Hall–Kier alpha value is -2.56. The fourth-order valence-electron chi connectivity index (χ4n) is 2.51. The fraction of sp³-hybridized carbons (Fsp3) is 0.316. The molecule has 0 radical (unpaired) electrons. The van der Waals surface area contributed by atoms with Gasteiger partial charge in [0.25, 0.3) is 5.91 Å². The van der Waals surface area contributed by atoms with Gasteiger partial charge in [0, 0.05) is 13.0 Å². The van der Waals surface area contributed by atoms with E-state index >= 15 is 0 Å². The Morgan fingerprint density at radius 3 is 2.34 bits per heavy atom. The lowest BCUT2D eigenvalue weighted by molar-refractivity contribution is -0.132. The van der Waals surface area contributed by atoms with E-state index in [1.807, 2.05) is 0 Å². The number of sulfonamides is 1. The Bertz CT molecular complexity index is 905. The number of amides is 1. The molecule has 7 nitrogen and oxygen atoms in total. The highest BCUT2D eigenvalue weighted by molar-refractivity contribution is 7.89. The van der Waals surface area contributed by atoms with Crippen molar-refractivity contribution in [2.45, 2.75) is 30.8 Å². The van der Waals surface area contributed by atoms with E-state index in [4.69, 9.17) is 9.94 Å². The van der Waals surface area contributed by atoms with Crippen LogP contribution >= 0.6 is 0 Å². The molecule has 1 unspecified atom stereocenters. The first-order valence-electron chi connectivity index (χ1n) is 8.78. The predicted molar refractivity (Wildman–Crippen MR) is 101 cm³/mol. The third-order valence-corrected chi connectivity index (χ3v) is 6.08. The molecule has 29 heavy (non-hydrogen) atoms. The number of hydrogen-bond donors (Lipinski definition) is 2. The summed E-state index contributed by atoms with van der Waals surface area (Å²) in [7, 11) is -4.15. The molecule has 0 aliphatic heterocycles. The number of nitrogens with one attached hydrogen (secondary N) is 1. The molecule has 10 heteroatoms. The molecule has 0 saturated heterocycles. The third-order valence-electron chi connectivity index (χ3n) is 4.15. The first-order valence-corrected chi connectivity index (χ1v) is 10.2. The van der Waals surface area contributed by atoms with Gasteiger partial charge in [-0.25, -0.2) is 18.3 Å². The van der Waals surface area contributed by atoms with Crippen molar-refractivity contribution in [2.24, 2.45) is 0 Å². The van der Waals surface area contributed by atoms with Crippen LogP contribution in [0.25, 0.3) is 0 Å². The molecule has 0 bridgehead atoms. The Morgan fingerprint density at radius 1 is 1.17 bits per heavy atom. The van der Waals surface area contributed by atoms with Crippen LogP contribution in [0.3, 0.4) is 0 Å². The smallest absolute Gasteiger partial charge is 0.261 e.